The highest BCUT2D eigenvalue weighted by Crippen LogP contribution is 2.20. The van der Waals surface area contributed by atoms with Gasteiger partial charge in [0.2, 0.25) is 0 Å². The number of hydrogen-bond donors (Lipinski definition) is 1. The third-order valence-corrected chi connectivity index (χ3v) is 3.33. The van der Waals surface area contributed by atoms with E-state index in [4.69, 9.17) is 9.72 Å². The molecule has 1 aromatic heterocycles. The fourth-order valence-corrected chi connectivity index (χ4v) is 1.90. The van der Waals surface area contributed by atoms with Crippen LogP contribution >= 0.6 is 0 Å². The molecule has 0 aliphatic carbocycles. The second-order valence-electron chi connectivity index (χ2n) is 6.93. The van der Waals surface area contributed by atoms with Gasteiger partial charge in [-0.15, -0.1) is 0 Å². The van der Waals surface area contributed by atoms with Crippen molar-refractivity contribution in [2.75, 3.05) is 32.2 Å². The second-order valence-corrected chi connectivity index (χ2v) is 6.93. The molecule has 1 N–H and O–H groups in total. The molecule has 0 unspecified atom stereocenters. The van der Waals surface area contributed by atoms with Crippen LogP contribution in [0.1, 0.15) is 51.8 Å². The number of methoxy groups -OCH3 is 1. The minimum Gasteiger partial charge on any atom is -0.383 e. The number of nitrogens with zero attached hydrogens (tertiary/aromatic N) is 2. The van der Waals surface area contributed by atoms with Crippen LogP contribution in [0.3, 0.4) is 0 Å². The Bertz CT molecular complexity index is 438. The van der Waals surface area contributed by atoms with Crippen molar-refractivity contribution in [1.29, 1.82) is 0 Å². The molecule has 0 spiro atoms. The van der Waals surface area contributed by atoms with Gasteiger partial charge in [0.05, 0.1) is 6.61 Å². The SMILES string of the molecule is COCCN(C)c1cc(CNC(C)(C)C)cc(C(C)C)n1. The number of nitrogens with one attached hydrogen (secondary N) is 1. The van der Waals surface area contributed by atoms with Crippen LogP contribution in [0, 0.1) is 0 Å². The summed E-state index contributed by atoms with van der Waals surface area (Å²) in [5, 5.41) is 3.54. The highest BCUT2D eigenvalue weighted by atomic mass is 16.5. The van der Waals surface area contributed by atoms with Crippen LogP contribution in [0.5, 0.6) is 0 Å². The number of likely N-dealkylation sites (N-methyl/N-ethyl adjacent to an activating group) is 1. The zero-order valence-electron chi connectivity index (χ0n) is 14.7. The maximum atomic E-state index is 5.15. The summed E-state index contributed by atoms with van der Waals surface area (Å²) >= 11 is 0. The van der Waals surface area contributed by atoms with Gasteiger partial charge in [0, 0.05) is 38.5 Å². The average molecular weight is 293 g/mol. The molecule has 0 bridgehead atoms. The fourth-order valence-electron chi connectivity index (χ4n) is 1.90. The molecule has 0 saturated heterocycles. The van der Waals surface area contributed by atoms with Gasteiger partial charge < -0.3 is 15.0 Å². The predicted molar refractivity (Wildman–Crippen MR) is 90.1 cm³/mol. The lowest BCUT2D eigenvalue weighted by Crippen LogP contribution is -2.35. The lowest BCUT2D eigenvalue weighted by atomic mass is 10.1. The summed E-state index contributed by atoms with van der Waals surface area (Å²) < 4.78 is 5.15. The smallest absolute Gasteiger partial charge is 0.128 e. The summed E-state index contributed by atoms with van der Waals surface area (Å²) in [7, 11) is 3.79. The van der Waals surface area contributed by atoms with Crippen LogP contribution in [-0.2, 0) is 11.3 Å². The van der Waals surface area contributed by atoms with Crippen LogP contribution in [0.25, 0.3) is 0 Å². The molecule has 1 rings (SSSR count). The molecule has 0 atom stereocenters. The van der Waals surface area contributed by atoms with Crippen molar-refractivity contribution < 1.29 is 4.74 Å². The fraction of sp³-hybridized carbons (Fsp3) is 0.706. The maximum absolute atomic E-state index is 5.15. The van der Waals surface area contributed by atoms with Gasteiger partial charge in [-0.1, -0.05) is 13.8 Å². The van der Waals surface area contributed by atoms with E-state index in [0.29, 0.717) is 12.5 Å². The summed E-state index contributed by atoms with van der Waals surface area (Å²) in [6.45, 7) is 13.3. The summed E-state index contributed by atoms with van der Waals surface area (Å²) in [5.74, 6) is 1.44. The van der Waals surface area contributed by atoms with Crippen molar-refractivity contribution in [3.05, 3.63) is 23.4 Å². The summed E-state index contributed by atoms with van der Waals surface area (Å²) in [6, 6.07) is 4.37. The molecule has 21 heavy (non-hydrogen) atoms. The van der Waals surface area contributed by atoms with Gasteiger partial charge in [0.1, 0.15) is 5.82 Å². The standard InChI is InChI=1S/C17H31N3O/c1-13(2)15-10-14(12-18-17(3,4)5)11-16(19-15)20(6)8-9-21-7/h10-11,13,18H,8-9,12H2,1-7H3. The number of pyridine rings is 1. The Balaban J connectivity index is 2.94. The van der Waals surface area contributed by atoms with E-state index in [9.17, 15) is 0 Å². The van der Waals surface area contributed by atoms with Crippen molar-refractivity contribution in [3.63, 3.8) is 0 Å². The van der Waals surface area contributed by atoms with Gasteiger partial charge in [0.25, 0.3) is 0 Å². The molecule has 0 fully saturated rings. The second kappa shape index (κ2) is 7.76. The first-order chi connectivity index (χ1) is 9.73. The zero-order valence-corrected chi connectivity index (χ0v) is 14.7. The van der Waals surface area contributed by atoms with E-state index < -0.39 is 0 Å². The number of ether oxygens (including phenoxy) is 1. The third-order valence-electron chi connectivity index (χ3n) is 3.33. The normalized spacial score (nSPS) is 12.0. The zero-order chi connectivity index (χ0) is 16.0. The molecular weight excluding hydrogens is 262 g/mol. The molecule has 1 aromatic rings. The van der Waals surface area contributed by atoms with Gasteiger partial charge in [-0.3, -0.25) is 0 Å². The van der Waals surface area contributed by atoms with E-state index in [2.05, 4.69) is 64.0 Å². The minimum atomic E-state index is 0.114. The lowest BCUT2D eigenvalue weighted by Gasteiger charge is -2.23. The van der Waals surface area contributed by atoms with Crippen LogP contribution in [-0.4, -0.2) is 37.8 Å². The van der Waals surface area contributed by atoms with E-state index in [1.807, 2.05) is 0 Å². The highest BCUT2D eigenvalue weighted by Gasteiger charge is 2.12. The molecule has 1 heterocycles. The molecular formula is C17H31N3O. The molecule has 0 amide bonds. The summed E-state index contributed by atoms with van der Waals surface area (Å²) in [5.41, 5.74) is 2.54. The van der Waals surface area contributed by atoms with E-state index in [0.717, 1.165) is 24.6 Å². The number of rotatable bonds is 7. The summed E-state index contributed by atoms with van der Waals surface area (Å²) in [6.07, 6.45) is 0. The Morgan fingerprint density at radius 1 is 1.29 bits per heavy atom. The topological polar surface area (TPSA) is 37.4 Å². The van der Waals surface area contributed by atoms with E-state index in [1.165, 1.54) is 5.56 Å². The molecule has 0 aliphatic rings. The van der Waals surface area contributed by atoms with Crippen molar-refractivity contribution in [3.8, 4) is 0 Å². The van der Waals surface area contributed by atoms with Gasteiger partial charge >= 0.3 is 0 Å². The van der Waals surface area contributed by atoms with Gasteiger partial charge in [-0.25, -0.2) is 4.98 Å². The van der Waals surface area contributed by atoms with Crippen LogP contribution in [0.4, 0.5) is 5.82 Å². The molecule has 0 saturated carbocycles. The number of anilines is 1. The van der Waals surface area contributed by atoms with Gasteiger partial charge in [0.15, 0.2) is 0 Å². The Hall–Kier alpha value is -1.13. The van der Waals surface area contributed by atoms with Crippen LogP contribution in [0.15, 0.2) is 12.1 Å². The first kappa shape index (κ1) is 17.9. The van der Waals surface area contributed by atoms with Gasteiger partial charge in [-0.05, 0) is 44.4 Å². The molecule has 120 valence electrons. The average Bonchev–Trinajstić information content (AvgIpc) is 2.41. The highest BCUT2D eigenvalue weighted by molar-refractivity contribution is 5.42. The predicted octanol–water partition coefficient (Wildman–Crippen LogP) is 3.18. The Morgan fingerprint density at radius 2 is 1.95 bits per heavy atom. The van der Waals surface area contributed by atoms with Crippen molar-refractivity contribution in [1.82, 2.24) is 10.3 Å². The quantitative estimate of drug-likeness (QED) is 0.838. The number of hydrogen-bond acceptors (Lipinski definition) is 4. The molecule has 0 aromatic carbocycles. The Kier molecular flexibility index (Phi) is 6.62. The first-order valence-corrected chi connectivity index (χ1v) is 7.69. The van der Waals surface area contributed by atoms with E-state index >= 15 is 0 Å². The molecule has 0 aliphatic heterocycles. The minimum absolute atomic E-state index is 0.114. The van der Waals surface area contributed by atoms with Crippen molar-refractivity contribution in [2.24, 2.45) is 0 Å². The largest absolute Gasteiger partial charge is 0.383 e. The summed E-state index contributed by atoms with van der Waals surface area (Å²) in [4.78, 5) is 6.92. The van der Waals surface area contributed by atoms with Crippen LogP contribution < -0.4 is 10.2 Å². The maximum Gasteiger partial charge on any atom is 0.128 e. The lowest BCUT2D eigenvalue weighted by molar-refractivity contribution is 0.206. The van der Waals surface area contributed by atoms with Gasteiger partial charge in [-0.2, -0.15) is 0 Å². The molecule has 0 radical (unpaired) electrons. The van der Waals surface area contributed by atoms with Crippen molar-refractivity contribution in [2.45, 2.75) is 52.6 Å². The monoisotopic (exact) mass is 293 g/mol. The van der Waals surface area contributed by atoms with Crippen molar-refractivity contribution >= 4 is 5.82 Å². The number of aromatic nitrogens is 1. The molecule has 4 heteroatoms. The third kappa shape index (κ3) is 6.44. The van der Waals surface area contributed by atoms with E-state index in [-0.39, 0.29) is 5.54 Å². The Morgan fingerprint density at radius 3 is 2.48 bits per heavy atom. The Labute approximate surface area is 129 Å². The van der Waals surface area contributed by atoms with E-state index in [1.54, 1.807) is 7.11 Å². The molecule has 4 nitrogen and oxygen atoms in total. The first-order valence-electron chi connectivity index (χ1n) is 7.69. The van der Waals surface area contributed by atoms with Crippen LogP contribution in [0.2, 0.25) is 0 Å².